The van der Waals surface area contributed by atoms with Gasteiger partial charge in [0.25, 0.3) is 0 Å². The molecule has 2 aromatic carbocycles. The molecule has 0 unspecified atom stereocenters. The number of amides is 2. The van der Waals surface area contributed by atoms with Crippen molar-refractivity contribution in [3.05, 3.63) is 59.4 Å². The molecule has 0 radical (unpaired) electrons. The Labute approximate surface area is 157 Å². The molecule has 144 valence electrons. The topological polar surface area (TPSA) is 76.7 Å². The summed E-state index contributed by atoms with van der Waals surface area (Å²) in [5, 5.41) is 5.43. The second-order valence-corrected chi connectivity index (χ2v) is 5.87. The van der Waals surface area contributed by atoms with Crippen LogP contribution in [-0.4, -0.2) is 39.1 Å². The summed E-state index contributed by atoms with van der Waals surface area (Å²) in [6.45, 7) is 0.604. The number of hydrogen-bond acceptors (Lipinski definition) is 4. The molecule has 0 aromatic heterocycles. The Hall–Kier alpha value is -3.09. The van der Waals surface area contributed by atoms with Gasteiger partial charge in [-0.15, -0.1) is 0 Å². The molecule has 7 heteroatoms. The highest BCUT2D eigenvalue weighted by molar-refractivity contribution is 5.79. The summed E-state index contributed by atoms with van der Waals surface area (Å²) in [6, 6.07) is 11.2. The number of ether oxygens (including phenoxy) is 2. The zero-order chi connectivity index (χ0) is 19.6. The third-order valence-electron chi connectivity index (χ3n) is 3.84. The molecule has 0 fully saturated rings. The van der Waals surface area contributed by atoms with Gasteiger partial charge in [-0.25, -0.2) is 4.39 Å². The van der Waals surface area contributed by atoms with E-state index in [2.05, 4.69) is 10.6 Å². The third-order valence-corrected chi connectivity index (χ3v) is 3.84. The van der Waals surface area contributed by atoms with Crippen LogP contribution >= 0.6 is 0 Å². The van der Waals surface area contributed by atoms with Crippen LogP contribution in [0.15, 0.2) is 42.5 Å². The predicted octanol–water partition coefficient (Wildman–Crippen LogP) is 1.86. The largest absolute Gasteiger partial charge is 0.493 e. The Balaban J connectivity index is 1.71. The van der Waals surface area contributed by atoms with Gasteiger partial charge in [0.15, 0.2) is 11.5 Å². The Bertz CT molecular complexity index is 795. The number of carbonyl (C=O) groups excluding carboxylic acids is 2. The fourth-order valence-electron chi connectivity index (χ4n) is 2.54. The first-order valence-corrected chi connectivity index (χ1v) is 8.50. The van der Waals surface area contributed by atoms with Crippen LogP contribution < -0.4 is 20.1 Å². The van der Waals surface area contributed by atoms with Gasteiger partial charge in [-0.1, -0.05) is 18.2 Å². The van der Waals surface area contributed by atoms with Crippen molar-refractivity contribution in [2.24, 2.45) is 0 Å². The summed E-state index contributed by atoms with van der Waals surface area (Å²) < 4.78 is 23.5. The smallest absolute Gasteiger partial charge is 0.224 e. The molecule has 0 saturated carbocycles. The second-order valence-electron chi connectivity index (χ2n) is 5.87. The molecule has 6 nitrogen and oxygen atoms in total. The lowest BCUT2D eigenvalue weighted by molar-refractivity contribution is -0.122. The van der Waals surface area contributed by atoms with Crippen LogP contribution in [0.2, 0.25) is 0 Å². The highest BCUT2D eigenvalue weighted by Crippen LogP contribution is 2.27. The predicted molar refractivity (Wildman–Crippen MR) is 99.4 cm³/mol. The zero-order valence-electron chi connectivity index (χ0n) is 15.4. The van der Waals surface area contributed by atoms with E-state index in [0.29, 0.717) is 30.2 Å². The Morgan fingerprint density at radius 3 is 2.00 bits per heavy atom. The third kappa shape index (κ3) is 6.62. The number of methoxy groups -OCH3 is 2. The summed E-state index contributed by atoms with van der Waals surface area (Å²) in [7, 11) is 3.08. The van der Waals surface area contributed by atoms with Crippen LogP contribution in [0.1, 0.15) is 11.1 Å². The summed E-state index contributed by atoms with van der Waals surface area (Å²) in [5.41, 5.74) is 1.39. The van der Waals surface area contributed by atoms with Crippen LogP contribution in [0.3, 0.4) is 0 Å². The number of benzene rings is 2. The molecule has 0 bridgehead atoms. The molecule has 0 heterocycles. The van der Waals surface area contributed by atoms with Crippen molar-refractivity contribution in [2.45, 2.75) is 12.8 Å². The van der Waals surface area contributed by atoms with Crippen LogP contribution in [0.5, 0.6) is 11.5 Å². The molecule has 0 aliphatic rings. The molecule has 2 rings (SSSR count). The van der Waals surface area contributed by atoms with Crippen molar-refractivity contribution in [1.29, 1.82) is 0 Å². The second kappa shape index (κ2) is 10.2. The van der Waals surface area contributed by atoms with Crippen molar-refractivity contribution in [3.8, 4) is 11.5 Å². The Kier molecular flexibility index (Phi) is 7.61. The Morgan fingerprint density at radius 2 is 1.44 bits per heavy atom. The fraction of sp³-hybridized carbons (Fsp3) is 0.300. The van der Waals surface area contributed by atoms with Gasteiger partial charge in [0.1, 0.15) is 5.82 Å². The quantitative estimate of drug-likeness (QED) is 0.657. The van der Waals surface area contributed by atoms with Gasteiger partial charge in [0.2, 0.25) is 11.8 Å². The average Bonchev–Trinajstić information content (AvgIpc) is 2.65. The summed E-state index contributed by atoms with van der Waals surface area (Å²) in [6.07, 6.45) is 0.287. The van der Waals surface area contributed by atoms with E-state index in [0.717, 1.165) is 5.56 Å². The monoisotopic (exact) mass is 374 g/mol. The molecule has 2 N–H and O–H groups in total. The molecule has 0 aliphatic carbocycles. The van der Waals surface area contributed by atoms with E-state index >= 15 is 0 Å². The van der Waals surface area contributed by atoms with E-state index in [4.69, 9.17) is 9.47 Å². The maximum Gasteiger partial charge on any atom is 0.224 e. The minimum Gasteiger partial charge on any atom is -0.493 e. The number of halogens is 1. The first-order valence-electron chi connectivity index (χ1n) is 8.50. The molecular weight excluding hydrogens is 351 g/mol. The molecule has 0 spiro atoms. The lowest BCUT2D eigenvalue weighted by atomic mass is 10.1. The van der Waals surface area contributed by atoms with Crippen LogP contribution in [0.4, 0.5) is 4.39 Å². The van der Waals surface area contributed by atoms with E-state index in [9.17, 15) is 14.0 Å². The minimum absolute atomic E-state index is 0.0946. The van der Waals surface area contributed by atoms with Gasteiger partial charge < -0.3 is 20.1 Å². The van der Waals surface area contributed by atoms with Crippen LogP contribution in [0.25, 0.3) is 0 Å². The van der Waals surface area contributed by atoms with E-state index < -0.39 is 0 Å². The number of nitrogens with one attached hydrogen (secondary N) is 2. The maximum atomic E-state index is 13.1. The number of hydrogen-bond donors (Lipinski definition) is 2. The zero-order valence-corrected chi connectivity index (χ0v) is 15.4. The van der Waals surface area contributed by atoms with Crippen LogP contribution in [-0.2, 0) is 22.4 Å². The lowest BCUT2D eigenvalue weighted by Crippen LogP contribution is -2.35. The fourth-order valence-corrected chi connectivity index (χ4v) is 2.54. The molecule has 0 atom stereocenters. The van der Waals surface area contributed by atoms with E-state index in [-0.39, 0.29) is 30.5 Å². The maximum absolute atomic E-state index is 13.1. The SMILES string of the molecule is COc1ccc(CC(=O)NCCNC(=O)Cc2cccc(F)c2)cc1OC. The van der Waals surface area contributed by atoms with Gasteiger partial charge in [0, 0.05) is 13.1 Å². The Morgan fingerprint density at radius 1 is 0.852 bits per heavy atom. The number of rotatable bonds is 9. The van der Waals surface area contributed by atoms with Crippen molar-refractivity contribution in [3.63, 3.8) is 0 Å². The van der Waals surface area contributed by atoms with Crippen molar-refractivity contribution >= 4 is 11.8 Å². The van der Waals surface area contributed by atoms with Crippen molar-refractivity contribution in [1.82, 2.24) is 10.6 Å². The highest BCUT2D eigenvalue weighted by Gasteiger charge is 2.09. The molecule has 0 saturated heterocycles. The highest BCUT2D eigenvalue weighted by atomic mass is 19.1. The first kappa shape index (κ1) is 20.2. The standard InChI is InChI=1S/C20H23FN2O4/c1-26-17-7-6-15(11-18(17)27-2)13-20(25)23-9-8-22-19(24)12-14-4-3-5-16(21)10-14/h3-7,10-11H,8-9,12-13H2,1-2H3,(H,22,24)(H,23,25). The minimum atomic E-state index is -0.372. The molecular formula is C20H23FN2O4. The van der Waals surface area contributed by atoms with Gasteiger partial charge in [0.05, 0.1) is 27.1 Å². The van der Waals surface area contributed by atoms with Crippen LogP contribution in [0, 0.1) is 5.82 Å². The summed E-state index contributed by atoms with van der Waals surface area (Å²) in [5.74, 6) is 0.397. The van der Waals surface area contributed by atoms with E-state index in [1.165, 1.54) is 19.2 Å². The molecule has 27 heavy (non-hydrogen) atoms. The van der Waals surface area contributed by atoms with Gasteiger partial charge in [-0.3, -0.25) is 9.59 Å². The molecule has 0 aliphatic heterocycles. The van der Waals surface area contributed by atoms with Gasteiger partial charge in [-0.05, 0) is 35.4 Å². The van der Waals surface area contributed by atoms with E-state index in [1.807, 2.05) is 0 Å². The average molecular weight is 374 g/mol. The summed E-state index contributed by atoms with van der Waals surface area (Å²) in [4.78, 5) is 23.8. The molecule has 2 amide bonds. The molecule has 2 aromatic rings. The number of carbonyl (C=O) groups is 2. The van der Waals surface area contributed by atoms with Gasteiger partial charge in [-0.2, -0.15) is 0 Å². The summed E-state index contributed by atoms with van der Waals surface area (Å²) >= 11 is 0. The lowest BCUT2D eigenvalue weighted by Gasteiger charge is -2.10. The van der Waals surface area contributed by atoms with Crippen molar-refractivity contribution < 1.29 is 23.5 Å². The van der Waals surface area contributed by atoms with Crippen molar-refractivity contribution in [2.75, 3.05) is 27.3 Å². The van der Waals surface area contributed by atoms with Gasteiger partial charge >= 0.3 is 0 Å². The normalized spacial score (nSPS) is 10.2. The first-order chi connectivity index (χ1) is 13.0. The van der Waals surface area contributed by atoms with E-state index in [1.54, 1.807) is 37.4 Å².